The van der Waals surface area contributed by atoms with Crippen molar-refractivity contribution in [2.24, 2.45) is 0 Å². The third kappa shape index (κ3) is 2.61. The number of allylic oxidation sites excluding steroid dienone is 3. The van der Waals surface area contributed by atoms with Crippen LogP contribution in [0.3, 0.4) is 0 Å². The summed E-state index contributed by atoms with van der Waals surface area (Å²) in [6.45, 7) is 2.69. The summed E-state index contributed by atoms with van der Waals surface area (Å²) in [5.41, 5.74) is -0.476. The summed E-state index contributed by atoms with van der Waals surface area (Å²) in [7, 11) is 0. The number of hydrogen-bond donors (Lipinski definition) is 1. The number of ketones is 2. The molecule has 0 aromatic carbocycles. The van der Waals surface area contributed by atoms with Crippen LogP contribution in [0.15, 0.2) is 22.9 Å². The van der Waals surface area contributed by atoms with Crippen LogP contribution in [0.25, 0.3) is 0 Å². The standard InChI is InChI=1S/C10H8F3NO3/c1-4-5(2)8(16)6(3-7(4)15)14-9(17)10(11,12)13/h3H,1-2H3,(H,14,17). The minimum Gasteiger partial charge on any atom is -0.315 e. The molecule has 7 heteroatoms. The van der Waals surface area contributed by atoms with Crippen LogP contribution >= 0.6 is 0 Å². The Morgan fingerprint density at radius 3 is 2.18 bits per heavy atom. The molecule has 0 atom stereocenters. The van der Waals surface area contributed by atoms with Gasteiger partial charge in [-0.1, -0.05) is 0 Å². The van der Waals surface area contributed by atoms with Gasteiger partial charge in [-0.25, -0.2) is 0 Å². The fraction of sp³-hybridized carbons (Fsp3) is 0.300. The second kappa shape index (κ2) is 4.15. The van der Waals surface area contributed by atoms with Gasteiger partial charge in [0.2, 0.25) is 5.78 Å². The summed E-state index contributed by atoms with van der Waals surface area (Å²) >= 11 is 0. The summed E-state index contributed by atoms with van der Waals surface area (Å²) in [6.07, 6.45) is -4.41. The first-order valence-corrected chi connectivity index (χ1v) is 4.51. The fourth-order valence-corrected chi connectivity index (χ4v) is 1.15. The monoisotopic (exact) mass is 247 g/mol. The smallest absolute Gasteiger partial charge is 0.315 e. The Bertz CT molecular complexity index is 472. The van der Waals surface area contributed by atoms with E-state index < -0.39 is 29.3 Å². The first-order valence-electron chi connectivity index (χ1n) is 4.51. The number of amides is 1. The summed E-state index contributed by atoms with van der Waals surface area (Å²) in [6, 6.07) is 0. The minimum absolute atomic E-state index is 0.0231. The molecule has 17 heavy (non-hydrogen) atoms. The highest BCUT2D eigenvalue weighted by atomic mass is 19.4. The zero-order valence-corrected chi connectivity index (χ0v) is 8.94. The van der Waals surface area contributed by atoms with Crippen LogP contribution in [-0.4, -0.2) is 23.6 Å². The van der Waals surface area contributed by atoms with Gasteiger partial charge in [0.1, 0.15) is 0 Å². The van der Waals surface area contributed by atoms with Crippen molar-refractivity contribution in [1.82, 2.24) is 5.32 Å². The average molecular weight is 247 g/mol. The van der Waals surface area contributed by atoms with E-state index in [0.717, 1.165) is 0 Å². The second-order valence-corrected chi connectivity index (χ2v) is 3.45. The van der Waals surface area contributed by atoms with Crippen LogP contribution in [0.2, 0.25) is 0 Å². The number of carbonyl (C=O) groups excluding carboxylic acids is 3. The van der Waals surface area contributed by atoms with Crippen molar-refractivity contribution >= 4 is 17.5 Å². The van der Waals surface area contributed by atoms with Gasteiger partial charge in [-0.3, -0.25) is 14.4 Å². The van der Waals surface area contributed by atoms with Gasteiger partial charge in [-0.15, -0.1) is 0 Å². The maximum Gasteiger partial charge on any atom is 0.471 e. The third-order valence-corrected chi connectivity index (χ3v) is 2.30. The molecule has 4 nitrogen and oxygen atoms in total. The predicted octanol–water partition coefficient (Wildman–Crippen LogP) is 1.04. The maximum atomic E-state index is 12.0. The largest absolute Gasteiger partial charge is 0.471 e. The SMILES string of the molecule is CC1=C(C)C(=O)C(NC(=O)C(F)(F)F)=CC1=O. The summed E-state index contributed by atoms with van der Waals surface area (Å²) < 4.78 is 35.9. The highest BCUT2D eigenvalue weighted by Gasteiger charge is 2.40. The summed E-state index contributed by atoms with van der Waals surface area (Å²) in [5.74, 6) is -3.67. The molecule has 0 fully saturated rings. The minimum atomic E-state index is -5.10. The normalized spacial score (nSPS) is 17.1. The fourth-order valence-electron chi connectivity index (χ4n) is 1.15. The lowest BCUT2D eigenvalue weighted by atomic mass is 9.95. The van der Waals surface area contributed by atoms with Crippen LogP contribution in [0.5, 0.6) is 0 Å². The van der Waals surface area contributed by atoms with Crippen LogP contribution in [0.4, 0.5) is 13.2 Å². The predicted molar refractivity (Wildman–Crippen MR) is 50.7 cm³/mol. The molecule has 1 aliphatic carbocycles. The molecule has 0 unspecified atom stereocenters. The van der Waals surface area contributed by atoms with Crippen molar-refractivity contribution in [2.45, 2.75) is 20.0 Å². The van der Waals surface area contributed by atoms with Gasteiger partial charge >= 0.3 is 12.1 Å². The molecule has 0 bridgehead atoms. The Balaban J connectivity index is 2.96. The van der Waals surface area contributed by atoms with E-state index >= 15 is 0 Å². The van der Waals surface area contributed by atoms with Crippen molar-refractivity contribution < 1.29 is 27.6 Å². The van der Waals surface area contributed by atoms with Crippen molar-refractivity contribution in [2.75, 3.05) is 0 Å². The molecule has 1 aliphatic rings. The Kier molecular flexibility index (Phi) is 3.21. The molecule has 0 saturated heterocycles. The molecule has 0 heterocycles. The molecule has 0 radical (unpaired) electrons. The first kappa shape index (κ1) is 13.1. The number of carbonyl (C=O) groups is 3. The number of alkyl halides is 3. The number of nitrogens with one attached hydrogen (secondary N) is 1. The van der Waals surface area contributed by atoms with Crippen molar-refractivity contribution in [3.63, 3.8) is 0 Å². The molecule has 0 spiro atoms. The molecule has 0 aliphatic heterocycles. The third-order valence-electron chi connectivity index (χ3n) is 2.30. The van der Waals surface area contributed by atoms with Crippen LogP contribution < -0.4 is 5.32 Å². The maximum absolute atomic E-state index is 12.0. The van der Waals surface area contributed by atoms with E-state index in [-0.39, 0.29) is 11.1 Å². The molecular weight excluding hydrogens is 239 g/mol. The van der Waals surface area contributed by atoms with Gasteiger partial charge < -0.3 is 5.32 Å². The average Bonchev–Trinajstić information content (AvgIpc) is 2.21. The lowest BCUT2D eigenvalue weighted by Crippen LogP contribution is -2.39. The lowest BCUT2D eigenvalue weighted by Gasteiger charge is -2.15. The summed E-state index contributed by atoms with van der Waals surface area (Å²) in [4.78, 5) is 33.4. The number of halogens is 3. The van der Waals surface area contributed by atoms with E-state index in [1.165, 1.54) is 19.2 Å². The molecule has 0 saturated carbocycles. The van der Waals surface area contributed by atoms with E-state index in [0.29, 0.717) is 6.08 Å². The van der Waals surface area contributed by atoms with Gasteiger partial charge in [-0.2, -0.15) is 13.2 Å². The van der Waals surface area contributed by atoms with E-state index in [4.69, 9.17) is 0 Å². The van der Waals surface area contributed by atoms with E-state index in [9.17, 15) is 27.6 Å². The van der Waals surface area contributed by atoms with Crippen molar-refractivity contribution in [3.8, 4) is 0 Å². The van der Waals surface area contributed by atoms with Gasteiger partial charge in [0, 0.05) is 17.2 Å². The van der Waals surface area contributed by atoms with Crippen LogP contribution in [0, 0.1) is 0 Å². The highest BCUT2D eigenvalue weighted by molar-refractivity contribution is 6.23. The van der Waals surface area contributed by atoms with Crippen molar-refractivity contribution in [3.05, 3.63) is 22.9 Å². The highest BCUT2D eigenvalue weighted by Crippen LogP contribution is 2.19. The quantitative estimate of drug-likeness (QED) is 0.704. The Labute approximate surface area is 94.2 Å². The summed E-state index contributed by atoms with van der Waals surface area (Å²) in [5, 5.41) is 1.38. The van der Waals surface area contributed by atoms with Gasteiger partial charge in [-0.05, 0) is 13.8 Å². The van der Waals surface area contributed by atoms with Gasteiger partial charge in [0.05, 0.1) is 5.70 Å². The van der Waals surface area contributed by atoms with Crippen LogP contribution in [-0.2, 0) is 14.4 Å². The Hall–Kier alpha value is -1.92. The zero-order chi connectivity index (χ0) is 13.4. The first-order chi connectivity index (χ1) is 7.64. The zero-order valence-electron chi connectivity index (χ0n) is 8.94. The topological polar surface area (TPSA) is 63.2 Å². The van der Waals surface area contributed by atoms with Gasteiger partial charge in [0.15, 0.2) is 5.78 Å². The molecule has 0 aromatic rings. The molecular formula is C10H8F3NO3. The Morgan fingerprint density at radius 2 is 1.71 bits per heavy atom. The number of Topliss-reactive ketones (excluding diaryl/α,β-unsaturated/α-hetero) is 1. The van der Waals surface area contributed by atoms with E-state index in [2.05, 4.69) is 0 Å². The molecule has 1 rings (SSSR count). The van der Waals surface area contributed by atoms with E-state index in [1.54, 1.807) is 0 Å². The van der Waals surface area contributed by atoms with Gasteiger partial charge in [0.25, 0.3) is 0 Å². The van der Waals surface area contributed by atoms with Crippen molar-refractivity contribution in [1.29, 1.82) is 0 Å². The molecule has 1 N–H and O–H groups in total. The number of hydrogen-bond acceptors (Lipinski definition) is 3. The molecule has 92 valence electrons. The number of rotatable bonds is 1. The van der Waals surface area contributed by atoms with E-state index in [1.807, 2.05) is 0 Å². The molecule has 0 aromatic heterocycles. The second-order valence-electron chi connectivity index (χ2n) is 3.45. The molecule has 1 amide bonds. The Morgan fingerprint density at radius 1 is 1.18 bits per heavy atom. The lowest BCUT2D eigenvalue weighted by molar-refractivity contribution is -0.172. The van der Waals surface area contributed by atoms with Crippen LogP contribution in [0.1, 0.15) is 13.8 Å².